The summed E-state index contributed by atoms with van der Waals surface area (Å²) in [4.78, 5) is 7.39. The van der Waals surface area contributed by atoms with E-state index in [4.69, 9.17) is 0 Å². The standard InChI is InChI=1S/C24H36N4O2S.HI/c1-6-25-24(27-17-22-12-13-23(19(2)16-22)31(5,29)30)26-15-14-20(3)28(4)18-21-10-8-7-9-11-21;/h7-13,16,20H,6,14-15,17-18H2,1-5H3,(H2,25,26,27);1H. The van der Waals surface area contributed by atoms with Crippen LogP contribution in [0.1, 0.15) is 37.0 Å². The van der Waals surface area contributed by atoms with Crippen LogP contribution in [0, 0.1) is 6.92 Å². The Balaban J connectivity index is 0.00000512. The van der Waals surface area contributed by atoms with Gasteiger partial charge in [-0.25, -0.2) is 13.4 Å². The fourth-order valence-electron chi connectivity index (χ4n) is 3.39. The monoisotopic (exact) mass is 572 g/mol. The molecule has 0 aromatic heterocycles. The van der Waals surface area contributed by atoms with Gasteiger partial charge in [0, 0.05) is 31.9 Å². The van der Waals surface area contributed by atoms with Crippen molar-refractivity contribution in [3.05, 3.63) is 65.2 Å². The molecule has 0 saturated carbocycles. The van der Waals surface area contributed by atoms with Crippen LogP contribution in [0.4, 0.5) is 0 Å². The number of nitrogens with one attached hydrogen (secondary N) is 2. The molecule has 0 fully saturated rings. The number of aryl methyl sites for hydroxylation is 1. The molecule has 0 saturated heterocycles. The van der Waals surface area contributed by atoms with Gasteiger partial charge in [0.2, 0.25) is 0 Å². The third-order valence-corrected chi connectivity index (χ3v) is 6.54. The molecule has 0 aliphatic carbocycles. The Bertz CT molecular complexity index is 965. The topological polar surface area (TPSA) is 73.8 Å². The van der Waals surface area contributed by atoms with Gasteiger partial charge in [-0.3, -0.25) is 4.90 Å². The van der Waals surface area contributed by atoms with Crippen molar-refractivity contribution in [1.82, 2.24) is 15.5 Å². The van der Waals surface area contributed by atoms with Gasteiger partial charge in [0.05, 0.1) is 11.4 Å². The van der Waals surface area contributed by atoms with Crippen LogP contribution in [0.25, 0.3) is 0 Å². The number of guanidine groups is 1. The van der Waals surface area contributed by atoms with Crippen LogP contribution in [0.5, 0.6) is 0 Å². The summed E-state index contributed by atoms with van der Waals surface area (Å²) in [5.74, 6) is 0.769. The highest BCUT2D eigenvalue weighted by Gasteiger charge is 2.11. The van der Waals surface area contributed by atoms with E-state index in [2.05, 4.69) is 58.8 Å². The maximum Gasteiger partial charge on any atom is 0.191 e. The van der Waals surface area contributed by atoms with E-state index in [1.54, 1.807) is 6.07 Å². The maximum atomic E-state index is 11.8. The van der Waals surface area contributed by atoms with Gasteiger partial charge < -0.3 is 10.6 Å². The number of benzene rings is 2. The molecule has 2 N–H and O–H groups in total. The first-order chi connectivity index (χ1) is 14.7. The molecule has 2 aromatic rings. The van der Waals surface area contributed by atoms with Gasteiger partial charge in [0.1, 0.15) is 0 Å². The van der Waals surface area contributed by atoms with E-state index in [1.807, 2.05) is 32.0 Å². The summed E-state index contributed by atoms with van der Waals surface area (Å²) < 4.78 is 23.6. The molecule has 0 amide bonds. The Hall–Kier alpha value is -1.65. The van der Waals surface area contributed by atoms with Crippen molar-refractivity contribution in [1.29, 1.82) is 0 Å². The molecule has 1 atom stereocenters. The Kier molecular flexibility index (Phi) is 12.2. The van der Waals surface area contributed by atoms with Crippen LogP contribution in [-0.4, -0.2) is 51.7 Å². The molecule has 0 spiro atoms. The van der Waals surface area contributed by atoms with E-state index < -0.39 is 9.84 Å². The Morgan fingerprint density at radius 2 is 1.78 bits per heavy atom. The zero-order chi connectivity index (χ0) is 22.9. The van der Waals surface area contributed by atoms with Gasteiger partial charge in [0.25, 0.3) is 0 Å². The number of aliphatic imine (C=N–C) groups is 1. The highest BCUT2D eigenvalue weighted by molar-refractivity contribution is 14.0. The molecule has 6 nitrogen and oxygen atoms in total. The molecule has 178 valence electrons. The van der Waals surface area contributed by atoms with Gasteiger partial charge in [-0.2, -0.15) is 0 Å². The van der Waals surface area contributed by atoms with Crippen molar-refractivity contribution >= 4 is 39.8 Å². The number of hydrogen-bond donors (Lipinski definition) is 2. The number of sulfone groups is 1. The van der Waals surface area contributed by atoms with E-state index in [1.165, 1.54) is 11.8 Å². The van der Waals surface area contributed by atoms with Crippen LogP contribution in [0.15, 0.2) is 58.4 Å². The number of rotatable bonds is 10. The molecule has 1 unspecified atom stereocenters. The van der Waals surface area contributed by atoms with E-state index >= 15 is 0 Å². The number of nitrogens with zero attached hydrogens (tertiary/aromatic N) is 2. The SMILES string of the molecule is CCNC(=NCc1ccc(S(C)(=O)=O)c(C)c1)NCCC(C)N(C)Cc1ccccc1.I. The lowest BCUT2D eigenvalue weighted by Gasteiger charge is -2.25. The highest BCUT2D eigenvalue weighted by Crippen LogP contribution is 2.17. The van der Waals surface area contributed by atoms with Crippen molar-refractivity contribution in [2.75, 3.05) is 26.4 Å². The predicted octanol–water partition coefficient (Wildman–Crippen LogP) is 3.98. The first-order valence-corrected chi connectivity index (χ1v) is 12.7. The molecule has 0 heterocycles. The van der Waals surface area contributed by atoms with E-state index in [0.717, 1.165) is 43.1 Å². The lowest BCUT2D eigenvalue weighted by Crippen LogP contribution is -2.40. The zero-order valence-electron chi connectivity index (χ0n) is 19.8. The normalized spacial score (nSPS) is 12.9. The van der Waals surface area contributed by atoms with Gasteiger partial charge >= 0.3 is 0 Å². The first kappa shape index (κ1) is 28.4. The molecular weight excluding hydrogens is 535 g/mol. The van der Waals surface area contributed by atoms with Crippen LogP contribution in [-0.2, 0) is 22.9 Å². The Morgan fingerprint density at radius 1 is 1.09 bits per heavy atom. The van der Waals surface area contributed by atoms with Crippen molar-refractivity contribution in [2.24, 2.45) is 4.99 Å². The van der Waals surface area contributed by atoms with Crippen molar-refractivity contribution in [2.45, 2.75) is 51.2 Å². The quantitative estimate of drug-likeness (QED) is 0.256. The Labute approximate surface area is 210 Å². The molecule has 8 heteroatoms. The van der Waals surface area contributed by atoms with E-state index in [9.17, 15) is 8.42 Å². The first-order valence-electron chi connectivity index (χ1n) is 10.8. The molecule has 32 heavy (non-hydrogen) atoms. The van der Waals surface area contributed by atoms with E-state index in [0.29, 0.717) is 17.5 Å². The van der Waals surface area contributed by atoms with Gasteiger partial charge in [-0.1, -0.05) is 42.5 Å². The van der Waals surface area contributed by atoms with Crippen molar-refractivity contribution in [3.63, 3.8) is 0 Å². The third kappa shape index (κ3) is 9.46. The summed E-state index contributed by atoms with van der Waals surface area (Å²) in [5.41, 5.74) is 3.05. The second-order valence-electron chi connectivity index (χ2n) is 8.03. The second kappa shape index (κ2) is 13.8. The van der Waals surface area contributed by atoms with E-state index in [-0.39, 0.29) is 24.0 Å². The summed E-state index contributed by atoms with van der Waals surface area (Å²) >= 11 is 0. The average molecular weight is 573 g/mol. The van der Waals surface area contributed by atoms with Gasteiger partial charge in [-0.15, -0.1) is 24.0 Å². The molecular formula is C24H37IN4O2S. The van der Waals surface area contributed by atoms with Crippen molar-refractivity contribution < 1.29 is 8.42 Å². The van der Waals surface area contributed by atoms with Crippen molar-refractivity contribution in [3.8, 4) is 0 Å². The largest absolute Gasteiger partial charge is 0.357 e. The fourth-order valence-corrected chi connectivity index (χ4v) is 4.34. The smallest absolute Gasteiger partial charge is 0.191 e. The van der Waals surface area contributed by atoms with Crippen LogP contribution < -0.4 is 10.6 Å². The number of hydrogen-bond acceptors (Lipinski definition) is 4. The van der Waals surface area contributed by atoms with Gasteiger partial charge in [-0.05, 0) is 57.0 Å². The highest BCUT2D eigenvalue weighted by atomic mass is 127. The lowest BCUT2D eigenvalue weighted by atomic mass is 10.1. The minimum Gasteiger partial charge on any atom is -0.357 e. The average Bonchev–Trinajstić information content (AvgIpc) is 2.71. The zero-order valence-corrected chi connectivity index (χ0v) is 22.9. The second-order valence-corrected chi connectivity index (χ2v) is 10.0. The lowest BCUT2D eigenvalue weighted by molar-refractivity contribution is 0.238. The number of halogens is 1. The fraction of sp³-hybridized carbons (Fsp3) is 0.458. The van der Waals surface area contributed by atoms with Gasteiger partial charge in [0.15, 0.2) is 15.8 Å². The maximum absolute atomic E-state index is 11.8. The summed E-state index contributed by atoms with van der Waals surface area (Å²) in [6.45, 7) is 9.11. The molecule has 2 aromatic carbocycles. The molecule has 0 aliphatic rings. The molecule has 2 rings (SSSR count). The summed E-state index contributed by atoms with van der Waals surface area (Å²) in [6, 6.07) is 16.3. The predicted molar refractivity (Wildman–Crippen MR) is 145 cm³/mol. The molecule has 0 aliphatic heterocycles. The molecule has 0 bridgehead atoms. The van der Waals surface area contributed by atoms with Crippen LogP contribution in [0.2, 0.25) is 0 Å². The summed E-state index contributed by atoms with van der Waals surface area (Å²) in [6.07, 6.45) is 2.23. The van der Waals surface area contributed by atoms with Crippen LogP contribution >= 0.6 is 24.0 Å². The minimum atomic E-state index is -3.20. The Morgan fingerprint density at radius 3 is 2.38 bits per heavy atom. The summed E-state index contributed by atoms with van der Waals surface area (Å²) in [7, 11) is -1.05. The third-order valence-electron chi connectivity index (χ3n) is 5.28. The summed E-state index contributed by atoms with van der Waals surface area (Å²) in [5, 5.41) is 6.68. The minimum absolute atomic E-state index is 0. The molecule has 0 radical (unpaired) electrons. The van der Waals surface area contributed by atoms with Crippen LogP contribution in [0.3, 0.4) is 0 Å².